The molecule has 2 aromatic carbocycles. The van der Waals surface area contributed by atoms with Crippen LogP contribution in [0.15, 0.2) is 48.7 Å². The lowest BCUT2D eigenvalue weighted by atomic mass is 9.99. The van der Waals surface area contributed by atoms with Crippen LogP contribution in [-0.4, -0.2) is 77.7 Å². The first-order valence-corrected chi connectivity index (χ1v) is 14.1. The highest BCUT2D eigenvalue weighted by molar-refractivity contribution is 6.31. The maximum absolute atomic E-state index is 14.1. The van der Waals surface area contributed by atoms with Gasteiger partial charge in [0.15, 0.2) is 5.69 Å². The van der Waals surface area contributed by atoms with Crippen molar-refractivity contribution in [1.82, 2.24) is 14.7 Å². The van der Waals surface area contributed by atoms with E-state index in [0.29, 0.717) is 50.6 Å². The first-order valence-electron chi connectivity index (χ1n) is 13.8. The Morgan fingerprint density at radius 3 is 2.40 bits per heavy atom. The molecule has 5 rings (SSSR count). The van der Waals surface area contributed by atoms with Crippen molar-refractivity contribution in [3.8, 4) is 11.1 Å². The molecule has 0 radical (unpaired) electrons. The number of piperazine rings is 1. The Bertz CT molecular complexity index is 1440. The van der Waals surface area contributed by atoms with E-state index in [1.165, 1.54) is 11.8 Å². The second kappa shape index (κ2) is 12.1. The van der Waals surface area contributed by atoms with Gasteiger partial charge in [-0.3, -0.25) is 4.68 Å². The zero-order chi connectivity index (χ0) is 30.0. The fourth-order valence-corrected chi connectivity index (χ4v) is 5.84. The van der Waals surface area contributed by atoms with E-state index in [2.05, 4.69) is 10.00 Å². The number of hydrogen-bond acceptors (Lipinski definition) is 6. The minimum Gasteiger partial charge on any atom is -0.465 e. The lowest BCUT2D eigenvalue weighted by Crippen LogP contribution is -2.48. The minimum atomic E-state index is -4.79. The van der Waals surface area contributed by atoms with Gasteiger partial charge in [0.05, 0.1) is 18.8 Å². The van der Waals surface area contributed by atoms with E-state index in [1.54, 1.807) is 6.07 Å². The molecule has 224 valence electrons. The van der Waals surface area contributed by atoms with Gasteiger partial charge >= 0.3 is 18.2 Å². The van der Waals surface area contributed by atoms with E-state index in [0.717, 1.165) is 33.4 Å². The number of carboxylic acid groups (broad SMARTS) is 1. The number of benzene rings is 2. The number of alkyl halides is 3. The molecule has 1 aromatic heterocycles. The van der Waals surface area contributed by atoms with E-state index in [9.17, 15) is 27.9 Å². The van der Waals surface area contributed by atoms with Crippen molar-refractivity contribution in [3.63, 3.8) is 0 Å². The zero-order valence-corrected chi connectivity index (χ0v) is 23.7. The number of aromatic nitrogens is 2. The molecule has 2 aliphatic rings. The monoisotopic (exact) mass is 605 g/mol. The number of carbonyl (C=O) groups excluding carboxylic acids is 1. The number of hydrogen-bond donors (Lipinski definition) is 1. The Morgan fingerprint density at radius 1 is 1.05 bits per heavy atom. The molecule has 1 atom stereocenters. The molecule has 1 unspecified atom stereocenters. The Kier molecular flexibility index (Phi) is 8.53. The maximum Gasteiger partial charge on any atom is 0.433 e. The van der Waals surface area contributed by atoms with Gasteiger partial charge in [0.2, 0.25) is 0 Å². The lowest BCUT2D eigenvalue weighted by molar-refractivity contribution is -0.145. The van der Waals surface area contributed by atoms with E-state index < -0.39 is 35.5 Å². The number of halogens is 4. The lowest BCUT2D eigenvalue weighted by Gasteiger charge is -2.36. The van der Waals surface area contributed by atoms with Gasteiger partial charge in [0.1, 0.15) is 5.56 Å². The second-order valence-corrected chi connectivity index (χ2v) is 10.7. The fourth-order valence-electron chi connectivity index (χ4n) is 5.67. The summed E-state index contributed by atoms with van der Waals surface area (Å²) < 4.78 is 48.2. The molecule has 0 bridgehead atoms. The van der Waals surface area contributed by atoms with Crippen molar-refractivity contribution in [2.45, 2.75) is 32.0 Å². The van der Waals surface area contributed by atoms with Crippen LogP contribution in [0.1, 0.15) is 41.9 Å². The van der Waals surface area contributed by atoms with Gasteiger partial charge in [-0.2, -0.15) is 18.3 Å². The number of rotatable bonds is 6. The average Bonchev–Trinajstić information content (AvgIpc) is 3.44. The van der Waals surface area contributed by atoms with Crippen LogP contribution in [-0.2, 0) is 10.9 Å². The number of nitrogens with zero attached hydrogens (tertiary/aromatic N) is 5. The average molecular weight is 606 g/mol. The van der Waals surface area contributed by atoms with Gasteiger partial charge in [0, 0.05) is 61.2 Å². The molecule has 1 amide bonds. The first kappa shape index (κ1) is 29.6. The molecule has 42 heavy (non-hydrogen) atoms. The Labute approximate surface area is 246 Å². The van der Waals surface area contributed by atoms with Crippen molar-refractivity contribution >= 4 is 35.0 Å². The highest BCUT2D eigenvalue weighted by atomic mass is 35.5. The van der Waals surface area contributed by atoms with Crippen LogP contribution in [0.3, 0.4) is 0 Å². The number of carbonyl (C=O) groups is 2. The highest BCUT2D eigenvalue weighted by Crippen LogP contribution is 2.39. The maximum atomic E-state index is 14.1. The third-order valence-corrected chi connectivity index (χ3v) is 7.93. The normalized spacial score (nSPS) is 17.8. The van der Waals surface area contributed by atoms with Crippen molar-refractivity contribution < 1.29 is 32.6 Å². The van der Waals surface area contributed by atoms with E-state index in [-0.39, 0.29) is 13.2 Å². The molecule has 2 fully saturated rings. The van der Waals surface area contributed by atoms with E-state index in [1.807, 2.05) is 41.3 Å². The molecule has 0 saturated carbocycles. The van der Waals surface area contributed by atoms with Crippen LogP contribution in [0.25, 0.3) is 11.1 Å². The number of anilines is 2. The summed E-state index contributed by atoms with van der Waals surface area (Å²) in [6.45, 7) is 4.40. The Balaban J connectivity index is 1.40. The number of esters is 1. The van der Waals surface area contributed by atoms with Crippen LogP contribution in [0.2, 0.25) is 5.02 Å². The molecule has 0 aliphatic carbocycles. The SMILES string of the molecule is CCOC(=O)c1cnn(C2CCCN(c3cc(Cl)ccc3-c3ccc(N4CCN(C(=O)O)CC4)cc3)C2)c1C(F)(F)F. The number of piperidine rings is 1. The topological polar surface area (TPSA) is 91.1 Å². The summed E-state index contributed by atoms with van der Waals surface area (Å²) in [4.78, 5) is 29.0. The molecular weight excluding hydrogens is 575 g/mol. The number of amides is 1. The standard InChI is InChI=1S/C29H31ClF3N5O4/c1-2-42-27(39)24-17-34-38(26(24)29(31,32)33)22-4-3-11-37(18-22)25-16-20(30)7-10-23(25)19-5-8-21(9-6-19)35-12-14-36(15-13-35)28(40)41/h5-10,16-17,22H,2-4,11-15,18H2,1H3,(H,40,41). The molecule has 3 aromatic rings. The molecule has 3 heterocycles. The van der Waals surface area contributed by atoms with Crippen molar-refractivity contribution in [2.75, 3.05) is 55.7 Å². The second-order valence-electron chi connectivity index (χ2n) is 10.3. The van der Waals surface area contributed by atoms with Crippen LogP contribution in [0.5, 0.6) is 0 Å². The quantitative estimate of drug-likeness (QED) is 0.343. The zero-order valence-electron chi connectivity index (χ0n) is 23.0. The van der Waals surface area contributed by atoms with Gasteiger partial charge in [-0.05, 0) is 49.6 Å². The van der Waals surface area contributed by atoms with Crippen molar-refractivity contribution in [1.29, 1.82) is 0 Å². The molecular formula is C29H31ClF3N5O4. The van der Waals surface area contributed by atoms with Gasteiger partial charge in [-0.15, -0.1) is 0 Å². The molecule has 2 aliphatic heterocycles. The van der Waals surface area contributed by atoms with E-state index >= 15 is 0 Å². The van der Waals surface area contributed by atoms with Gasteiger partial charge < -0.3 is 24.5 Å². The third kappa shape index (κ3) is 6.13. The smallest absolute Gasteiger partial charge is 0.433 e. The van der Waals surface area contributed by atoms with Gasteiger partial charge in [-0.25, -0.2) is 9.59 Å². The predicted molar refractivity (Wildman–Crippen MR) is 152 cm³/mol. The largest absolute Gasteiger partial charge is 0.465 e. The highest BCUT2D eigenvalue weighted by Gasteiger charge is 2.42. The summed E-state index contributed by atoms with van der Waals surface area (Å²) in [6.07, 6.45) is -3.69. The van der Waals surface area contributed by atoms with Crippen LogP contribution < -0.4 is 9.80 Å². The summed E-state index contributed by atoms with van der Waals surface area (Å²) in [5, 5.41) is 13.7. The summed E-state index contributed by atoms with van der Waals surface area (Å²) in [5.74, 6) is -1.05. The van der Waals surface area contributed by atoms with E-state index in [4.69, 9.17) is 16.3 Å². The van der Waals surface area contributed by atoms with Crippen molar-refractivity contribution in [2.24, 2.45) is 0 Å². The van der Waals surface area contributed by atoms with Gasteiger partial charge in [-0.1, -0.05) is 29.8 Å². The molecule has 0 spiro atoms. The summed E-state index contributed by atoms with van der Waals surface area (Å²) >= 11 is 6.39. The third-order valence-electron chi connectivity index (χ3n) is 7.70. The summed E-state index contributed by atoms with van der Waals surface area (Å²) in [7, 11) is 0. The van der Waals surface area contributed by atoms with Crippen LogP contribution in [0.4, 0.5) is 29.3 Å². The first-order chi connectivity index (χ1) is 20.1. The molecule has 1 N–H and O–H groups in total. The van der Waals surface area contributed by atoms with Crippen LogP contribution >= 0.6 is 11.6 Å². The number of ether oxygens (including phenoxy) is 1. The minimum absolute atomic E-state index is 0.0433. The van der Waals surface area contributed by atoms with Crippen molar-refractivity contribution in [3.05, 3.63) is 64.9 Å². The molecule has 13 heteroatoms. The van der Waals surface area contributed by atoms with Gasteiger partial charge in [0.25, 0.3) is 0 Å². The summed E-state index contributed by atoms with van der Waals surface area (Å²) in [6, 6.07) is 12.8. The predicted octanol–water partition coefficient (Wildman–Crippen LogP) is 6.04. The van der Waals surface area contributed by atoms with Crippen LogP contribution in [0, 0.1) is 0 Å². The summed E-state index contributed by atoms with van der Waals surface area (Å²) in [5.41, 5.74) is 1.88. The fraction of sp³-hybridized carbons (Fsp3) is 0.414. The molecule has 9 nitrogen and oxygen atoms in total. The molecule has 2 saturated heterocycles. The Morgan fingerprint density at radius 2 is 1.76 bits per heavy atom. The Hall–Kier alpha value is -3.93.